The fraction of sp³-hybridized carbons (Fsp3) is 0.500. The van der Waals surface area contributed by atoms with Crippen LogP contribution in [0.5, 0.6) is 0 Å². The Morgan fingerprint density at radius 1 is 1.47 bits per heavy atom. The average Bonchev–Trinajstić information content (AvgIpc) is 2.23. The second-order valence-electron chi connectivity index (χ2n) is 4.29. The van der Waals surface area contributed by atoms with E-state index in [1.807, 2.05) is 6.07 Å². The van der Waals surface area contributed by atoms with Crippen molar-refractivity contribution in [3.8, 4) is 0 Å². The van der Waals surface area contributed by atoms with E-state index in [2.05, 4.69) is 29.8 Å². The van der Waals surface area contributed by atoms with E-state index in [0.717, 1.165) is 5.56 Å². The summed E-state index contributed by atoms with van der Waals surface area (Å²) in [5.41, 5.74) is 1.83. The van der Waals surface area contributed by atoms with E-state index in [0.29, 0.717) is 35.1 Å². The number of fused-ring (bicyclic) bond motifs is 1. The second-order valence-corrected chi connectivity index (χ2v) is 5.15. The van der Waals surface area contributed by atoms with Crippen LogP contribution in [0.3, 0.4) is 0 Å². The highest BCUT2D eigenvalue weighted by molar-refractivity contribution is 9.10. The highest BCUT2D eigenvalue weighted by atomic mass is 79.9. The summed E-state index contributed by atoms with van der Waals surface area (Å²) in [6.07, 6.45) is 0. The summed E-state index contributed by atoms with van der Waals surface area (Å²) in [6.45, 7) is 5.38. The van der Waals surface area contributed by atoms with E-state index in [9.17, 15) is 4.39 Å². The molecule has 1 heterocycles. The molecule has 0 radical (unpaired) electrons. The summed E-state index contributed by atoms with van der Waals surface area (Å²) >= 11 is 3.20. The minimum Gasteiger partial charge on any atom is -0.376 e. The Morgan fingerprint density at radius 3 is 2.87 bits per heavy atom. The third-order valence-electron chi connectivity index (χ3n) is 2.98. The predicted molar refractivity (Wildman–Crippen MR) is 61.3 cm³/mol. The molecular formula is C12H14BrFO. The third kappa shape index (κ3) is 1.95. The first-order valence-corrected chi connectivity index (χ1v) is 5.95. The Labute approximate surface area is 97.8 Å². The number of rotatable bonds is 1. The van der Waals surface area contributed by atoms with Gasteiger partial charge in [0.25, 0.3) is 0 Å². The van der Waals surface area contributed by atoms with Gasteiger partial charge in [-0.05, 0) is 33.5 Å². The van der Waals surface area contributed by atoms with Gasteiger partial charge >= 0.3 is 0 Å². The van der Waals surface area contributed by atoms with E-state index in [1.54, 1.807) is 6.07 Å². The summed E-state index contributed by atoms with van der Waals surface area (Å²) in [4.78, 5) is 0. The molecule has 82 valence electrons. The lowest BCUT2D eigenvalue weighted by atomic mass is 9.85. The van der Waals surface area contributed by atoms with E-state index < -0.39 is 0 Å². The zero-order chi connectivity index (χ0) is 11.0. The number of benzene rings is 1. The van der Waals surface area contributed by atoms with Crippen LogP contribution in [0.2, 0.25) is 0 Å². The zero-order valence-corrected chi connectivity index (χ0v) is 10.5. The van der Waals surface area contributed by atoms with Gasteiger partial charge in [0.15, 0.2) is 0 Å². The van der Waals surface area contributed by atoms with Crippen molar-refractivity contribution >= 4 is 15.9 Å². The normalized spacial score (nSPS) is 20.5. The molecule has 0 saturated heterocycles. The van der Waals surface area contributed by atoms with Crippen molar-refractivity contribution in [2.75, 3.05) is 6.61 Å². The van der Waals surface area contributed by atoms with Gasteiger partial charge in [-0.2, -0.15) is 0 Å². The fourth-order valence-corrected chi connectivity index (χ4v) is 2.40. The maximum absolute atomic E-state index is 13.8. The Kier molecular flexibility index (Phi) is 3.12. The topological polar surface area (TPSA) is 9.23 Å². The van der Waals surface area contributed by atoms with Crippen molar-refractivity contribution in [3.63, 3.8) is 0 Å². The number of halogens is 2. The molecule has 0 bridgehead atoms. The molecule has 0 N–H and O–H groups in total. The highest BCUT2D eigenvalue weighted by Gasteiger charge is 2.26. The Balaban J connectivity index is 2.49. The van der Waals surface area contributed by atoms with E-state index >= 15 is 0 Å². The minimum atomic E-state index is -0.169. The van der Waals surface area contributed by atoms with E-state index in [1.165, 1.54) is 0 Å². The van der Waals surface area contributed by atoms with Crippen LogP contribution < -0.4 is 0 Å². The van der Waals surface area contributed by atoms with Gasteiger partial charge in [-0.15, -0.1) is 0 Å². The molecule has 1 aromatic rings. The molecule has 0 aromatic heterocycles. The average molecular weight is 273 g/mol. The fourth-order valence-electron chi connectivity index (χ4n) is 2.03. The van der Waals surface area contributed by atoms with Gasteiger partial charge in [-0.3, -0.25) is 0 Å². The monoisotopic (exact) mass is 272 g/mol. The van der Waals surface area contributed by atoms with E-state index in [-0.39, 0.29) is 5.82 Å². The van der Waals surface area contributed by atoms with Gasteiger partial charge in [0.1, 0.15) is 5.82 Å². The third-order valence-corrected chi connectivity index (χ3v) is 3.59. The lowest BCUT2D eigenvalue weighted by Gasteiger charge is -2.29. The van der Waals surface area contributed by atoms with Crippen LogP contribution in [0.25, 0.3) is 0 Å². The number of hydrogen-bond donors (Lipinski definition) is 0. The first-order valence-electron chi connectivity index (χ1n) is 5.15. The van der Waals surface area contributed by atoms with Gasteiger partial charge in [0.05, 0.1) is 17.7 Å². The van der Waals surface area contributed by atoms with Crippen molar-refractivity contribution < 1.29 is 9.13 Å². The number of ether oxygens (including phenoxy) is 1. The molecule has 3 heteroatoms. The minimum absolute atomic E-state index is 0.169. The van der Waals surface area contributed by atoms with Crippen LogP contribution in [0.1, 0.15) is 30.9 Å². The zero-order valence-electron chi connectivity index (χ0n) is 8.89. The lowest BCUT2D eigenvalue weighted by Crippen LogP contribution is -2.22. The van der Waals surface area contributed by atoms with Crippen LogP contribution in [-0.2, 0) is 11.3 Å². The van der Waals surface area contributed by atoms with Gasteiger partial charge < -0.3 is 4.74 Å². The molecule has 0 aliphatic carbocycles. The predicted octanol–water partition coefficient (Wildman–Crippen LogP) is 3.86. The Bertz CT molecular complexity index is 376. The van der Waals surface area contributed by atoms with E-state index in [4.69, 9.17) is 4.74 Å². The molecule has 1 nitrogen and oxygen atoms in total. The van der Waals surface area contributed by atoms with Gasteiger partial charge in [-0.1, -0.05) is 19.9 Å². The first-order chi connectivity index (χ1) is 7.11. The molecule has 0 amide bonds. The SMILES string of the molecule is CC(C)[C@H]1COCc2c1ccc(Br)c2F. The Morgan fingerprint density at radius 2 is 2.20 bits per heavy atom. The van der Waals surface area contributed by atoms with Gasteiger partial charge in [0, 0.05) is 11.5 Å². The van der Waals surface area contributed by atoms with Crippen molar-refractivity contribution in [1.82, 2.24) is 0 Å². The maximum atomic E-state index is 13.8. The molecule has 1 atom stereocenters. The van der Waals surface area contributed by atoms with Crippen molar-refractivity contribution in [2.24, 2.45) is 5.92 Å². The molecular weight excluding hydrogens is 259 g/mol. The van der Waals surface area contributed by atoms with Crippen LogP contribution in [-0.4, -0.2) is 6.61 Å². The molecule has 1 aliphatic heterocycles. The smallest absolute Gasteiger partial charge is 0.143 e. The molecule has 1 aliphatic rings. The molecule has 15 heavy (non-hydrogen) atoms. The second kappa shape index (κ2) is 4.22. The Hall–Kier alpha value is -0.410. The van der Waals surface area contributed by atoms with Gasteiger partial charge in [-0.25, -0.2) is 4.39 Å². The molecule has 2 rings (SSSR count). The molecule has 0 unspecified atom stereocenters. The van der Waals surface area contributed by atoms with Crippen molar-refractivity contribution in [3.05, 3.63) is 33.5 Å². The van der Waals surface area contributed by atoms with Crippen LogP contribution in [0.4, 0.5) is 4.39 Å². The quantitative estimate of drug-likeness (QED) is 0.755. The first kappa shape index (κ1) is 11.1. The number of hydrogen-bond acceptors (Lipinski definition) is 1. The molecule has 0 spiro atoms. The summed E-state index contributed by atoms with van der Waals surface area (Å²) in [7, 11) is 0. The van der Waals surface area contributed by atoms with Crippen LogP contribution in [0.15, 0.2) is 16.6 Å². The van der Waals surface area contributed by atoms with Crippen LogP contribution in [0, 0.1) is 11.7 Å². The lowest BCUT2D eigenvalue weighted by molar-refractivity contribution is 0.0765. The summed E-state index contributed by atoms with van der Waals surface area (Å²) in [6, 6.07) is 3.80. The molecule has 1 aromatic carbocycles. The molecule has 0 fully saturated rings. The maximum Gasteiger partial charge on any atom is 0.143 e. The largest absolute Gasteiger partial charge is 0.376 e. The van der Waals surface area contributed by atoms with Crippen molar-refractivity contribution in [2.45, 2.75) is 26.4 Å². The highest BCUT2D eigenvalue weighted by Crippen LogP contribution is 2.35. The summed E-state index contributed by atoms with van der Waals surface area (Å²) in [5, 5.41) is 0. The summed E-state index contributed by atoms with van der Waals surface area (Å²) < 4.78 is 19.8. The molecule has 0 saturated carbocycles. The van der Waals surface area contributed by atoms with Crippen LogP contribution >= 0.6 is 15.9 Å². The summed E-state index contributed by atoms with van der Waals surface area (Å²) in [5.74, 6) is 0.624. The van der Waals surface area contributed by atoms with Crippen molar-refractivity contribution in [1.29, 1.82) is 0 Å². The standard InChI is InChI=1S/C12H14BrFO/c1-7(2)9-5-15-6-10-8(9)3-4-11(13)12(10)14/h3-4,7,9H,5-6H2,1-2H3/t9-/m1/s1. The van der Waals surface area contributed by atoms with Gasteiger partial charge in [0.2, 0.25) is 0 Å².